The molecule has 2 aliphatic heterocycles. The zero-order valence-electron chi connectivity index (χ0n) is 14.7. The predicted octanol–water partition coefficient (Wildman–Crippen LogP) is 2.75. The molecule has 0 saturated carbocycles. The van der Waals surface area contributed by atoms with Crippen LogP contribution >= 0.6 is 0 Å². The summed E-state index contributed by atoms with van der Waals surface area (Å²) in [5.41, 5.74) is -1.23. The second-order valence-electron chi connectivity index (χ2n) is 8.31. The molecular formula is C16H29NO5Si. The highest BCUT2D eigenvalue weighted by Gasteiger charge is 2.70. The predicted molar refractivity (Wildman–Crippen MR) is 90.5 cm³/mol. The van der Waals surface area contributed by atoms with Gasteiger partial charge >= 0.3 is 0 Å². The van der Waals surface area contributed by atoms with E-state index in [9.17, 15) is 15.2 Å². The first-order valence-electron chi connectivity index (χ1n) is 8.20. The van der Waals surface area contributed by atoms with E-state index in [0.29, 0.717) is 6.42 Å². The Morgan fingerprint density at radius 3 is 2.61 bits per heavy atom. The highest BCUT2D eigenvalue weighted by atomic mass is 28.4. The number of aliphatic hydroxyl groups is 1. The van der Waals surface area contributed by atoms with Gasteiger partial charge in [-0.15, -0.1) is 6.58 Å². The summed E-state index contributed by atoms with van der Waals surface area (Å²) in [6.07, 6.45) is 0.401. The lowest BCUT2D eigenvalue weighted by molar-refractivity contribution is -0.585. The Hall–Kier alpha value is -0.763. The smallest absolute Gasteiger partial charge is 0.258 e. The number of hydrogen-bond donors (Lipinski definition) is 1. The Bertz CT molecular complexity index is 489. The van der Waals surface area contributed by atoms with Gasteiger partial charge < -0.3 is 14.3 Å². The number of ether oxygens (including phenoxy) is 1. The van der Waals surface area contributed by atoms with Crippen molar-refractivity contribution in [1.82, 2.24) is 0 Å². The summed E-state index contributed by atoms with van der Waals surface area (Å²) in [7, 11) is -2.03. The molecule has 0 spiro atoms. The van der Waals surface area contributed by atoms with E-state index in [0.717, 1.165) is 0 Å². The molecule has 2 aliphatic rings. The van der Waals surface area contributed by atoms with Crippen LogP contribution < -0.4 is 0 Å². The van der Waals surface area contributed by atoms with Crippen LogP contribution in [0.1, 0.15) is 33.6 Å². The van der Waals surface area contributed by atoms with Crippen LogP contribution in [0.15, 0.2) is 12.7 Å². The third-order valence-corrected chi connectivity index (χ3v) is 10.5. The molecule has 2 heterocycles. The lowest BCUT2D eigenvalue weighted by Gasteiger charge is -2.40. The summed E-state index contributed by atoms with van der Waals surface area (Å²) in [4.78, 5) is 11.7. The number of hydrogen-bond acceptors (Lipinski definition) is 5. The lowest BCUT2D eigenvalue weighted by atomic mass is 9.70. The van der Waals surface area contributed by atoms with E-state index in [1.165, 1.54) is 0 Å². The van der Waals surface area contributed by atoms with Gasteiger partial charge in [-0.25, -0.2) is 0 Å². The second kappa shape index (κ2) is 5.95. The van der Waals surface area contributed by atoms with Crippen molar-refractivity contribution in [3.05, 3.63) is 22.8 Å². The summed E-state index contributed by atoms with van der Waals surface area (Å²) in [5, 5.41) is 22.1. The molecule has 0 radical (unpaired) electrons. The van der Waals surface area contributed by atoms with Crippen LogP contribution in [0.3, 0.4) is 0 Å². The van der Waals surface area contributed by atoms with Crippen LogP contribution in [0.2, 0.25) is 18.1 Å². The maximum absolute atomic E-state index is 11.9. The quantitative estimate of drug-likeness (QED) is 0.347. The van der Waals surface area contributed by atoms with E-state index in [-0.39, 0.29) is 23.0 Å². The Morgan fingerprint density at radius 1 is 1.52 bits per heavy atom. The molecule has 132 valence electrons. The molecule has 0 amide bonds. The van der Waals surface area contributed by atoms with Crippen molar-refractivity contribution >= 4 is 8.32 Å². The zero-order valence-corrected chi connectivity index (χ0v) is 15.7. The molecule has 2 fully saturated rings. The van der Waals surface area contributed by atoms with Gasteiger partial charge in [-0.05, 0) is 18.1 Å². The van der Waals surface area contributed by atoms with Gasteiger partial charge in [-0.2, -0.15) is 0 Å². The third kappa shape index (κ3) is 2.88. The second-order valence-corrected chi connectivity index (χ2v) is 13.1. The number of nitrogens with zero attached hydrogens (tertiary/aromatic N) is 1. The van der Waals surface area contributed by atoms with Crippen LogP contribution in [0, 0.1) is 16.0 Å². The monoisotopic (exact) mass is 343 g/mol. The van der Waals surface area contributed by atoms with Crippen molar-refractivity contribution in [2.75, 3.05) is 6.61 Å². The molecular weight excluding hydrogens is 314 g/mol. The van der Waals surface area contributed by atoms with E-state index < -0.39 is 38.1 Å². The molecule has 0 unspecified atom stereocenters. The van der Waals surface area contributed by atoms with Gasteiger partial charge in [0.05, 0.1) is 18.1 Å². The van der Waals surface area contributed by atoms with Gasteiger partial charge in [0.25, 0.3) is 5.54 Å². The van der Waals surface area contributed by atoms with Gasteiger partial charge in [-0.3, -0.25) is 10.1 Å². The molecule has 0 aromatic carbocycles. The van der Waals surface area contributed by atoms with Gasteiger partial charge in [0, 0.05) is 24.4 Å². The van der Waals surface area contributed by atoms with Crippen LogP contribution in [0.4, 0.5) is 0 Å². The molecule has 1 N–H and O–H groups in total. The van der Waals surface area contributed by atoms with Crippen LogP contribution in [-0.2, 0) is 9.16 Å². The summed E-state index contributed by atoms with van der Waals surface area (Å²) >= 11 is 0. The van der Waals surface area contributed by atoms with E-state index in [4.69, 9.17) is 9.16 Å². The van der Waals surface area contributed by atoms with E-state index in [1.54, 1.807) is 6.08 Å². The fraction of sp³-hybridized carbons (Fsp3) is 0.875. The molecule has 7 heteroatoms. The molecule has 2 rings (SSSR count). The largest absolute Gasteiger partial charge is 0.416 e. The Labute approximate surface area is 139 Å². The third-order valence-electron chi connectivity index (χ3n) is 5.99. The summed E-state index contributed by atoms with van der Waals surface area (Å²) in [6, 6.07) is 0. The van der Waals surface area contributed by atoms with Crippen LogP contribution in [0.5, 0.6) is 0 Å². The number of aliphatic hydroxyl groups excluding tert-OH is 1. The zero-order chi connectivity index (χ0) is 17.6. The molecule has 2 saturated heterocycles. The van der Waals surface area contributed by atoms with E-state index >= 15 is 0 Å². The first kappa shape index (κ1) is 18.6. The molecule has 2 bridgehead atoms. The first-order valence-corrected chi connectivity index (χ1v) is 11.1. The molecule has 0 aliphatic carbocycles. The van der Waals surface area contributed by atoms with Gasteiger partial charge in [0.1, 0.15) is 6.10 Å². The first-order chi connectivity index (χ1) is 10.5. The fourth-order valence-electron chi connectivity index (χ4n) is 3.49. The molecule has 5 atom stereocenters. The topological polar surface area (TPSA) is 81.8 Å². The molecule has 0 aromatic rings. The van der Waals surface area contributed by atoms with Crippen molar-refractivity contribution in [1.29, 1.82) is 0 Å². The Balaban J connectivity index is 2.26. The minimum absolute atomic E-state index is 0.0276. The average molecular weight is 343 g/mol. The molecule has 0 aromatic heterocycles. The van der Waals surface area contributed by atoms with Crippen LogP contribution in [-0.4, -0.2) is 48.8 Å². The van der Waals surface area contributed by atoms with Gasteiger partial charge in [-0.1, -0.05) is 26.8 Å². The highest BCUT2D eigenvalue weighted by Crippen LogP contribution is 2.50. The molecule has 23 heavy (non-hydrogen) atoms. The Morgan fingerprint density at radius 2 is 2.13 bits per heavy atom. The van der Waals surface area contributed by atoms with Gasteiger partial charge in [0.2, 0.25) is 0 Å². The lowest BCUT2D eigenvalue weighted by Crippen LogP contribution is -2.58. The van der Waals surface area contributed by atoms with Crippen molar-refractivity contribution < 1.29 is 19.2 Å². The number of fused-ring (bicyclic) bond motifs is 2. The average Bonchev–Trinajstić information content (AvgIpc) is 2.91. The summed E-state index contributed by atoms with van der Waals surface area (Å²) < 4.78 is 12.0. The summed E-state index contributed by atoms with van der Waals surface area (Å²) in [5.74, 6) is -0.446. The van der Waals surface area contributed by atoms with Crippen LogP contribution in [0.25, 0.3) is 0 Å². The van der Waals surface area contributed by atoms with Gasteiger partial charge in [0.15, 0.2) is 8.32 Å². The minimum Gasteiger partial charge on any atom is -0.416 e. The Kier molecular flexibility index (Phi) is 4.80. The maximum atomic E-state index is 11.9. The van der Waals surface area contributed by atoms with Crippen molar-refractivity contribution in [2.45, 2.75) is 75.6 Å². The summed E-state index contributed by atoms with van der Waals surface area (Å²) in [6.45, 7) is 14.6. The van der Waals surface area contributed by atoms with Crippen molar-refractivity contribution in [2.24, 2.45) is 5.92 Å². The minimum atomic E-state index is -2.03. The fourth-order valence-corrected chi connectivity index (χ4v) is 4.52. The van der Waals surface area contributed by atoms with Crippen molar-refractivity contribution in [3.8, 4) is 0 Å². The molecule has 6 nitrogen and oxygen atoms in total. The number of rotatable bonds is 6. The van der Waals surface area contributed by atoms with Crippen molar-refractivity contribution in [3.63, 3.8) is 0 Å². The van der Waals surface area contributed by atoms with E-state index in [1.807, 2.05) is 0 Å². The number of nitro groups is 1. The SMILES string of the molecule is C=CC[C@]1([N+](=O)[O-])[C@H]2C[C@@H](O)[C@H](O2)[C@@H]1CO[Si](C)(C)C(C)(C)C. The normalized spacial score (nSPS) is 37.1. The maximum Gasteiger partial charge on any atom is 0.258 e. The standard InChI is InChI=1S/C16H29NO5Si/c1-7-8-16(17(19)20)11(14-12(18)9-13(16)22-14)10-21-23(5,6)15(2,3)4/h7,11-14,18H,1,8-10H2,2-6H3/t11-,12+,13+,14+,16+/m0/s1. The van der Waals surface area contributed by atoms with E-state index in [2.05, 4.69) is 40.4 Å². The highest BCUT2D eigenvalue weighted by molar-refractivity contribution is 6.74.